The lowest BCUT2D eigenvalue weighted by Gasteiger charge is -2.40. The molecule has 2 aliphatic rings. The number of nitrogens with zero attached hydrogens (tertiary/aromatic N) is 2. The average Bonchev–Trinajstić information content (AvgIpc) is 2.98. The number of rotatable bonds is 9. The molecule has 0 radical (unpaired) electrons. The van der Waals surface area contributed by atoms with Crippen LogP contribution in [0.2, 0.25) is 0 Å². The van der Waals surface area contributed by atoms with Crippen LogP contribution in [0.15, 0.2) is 78.9 Å². The number of ether oxygens (including phenoxy) is 2. The fourth-order valence-corrected chi connectivity index (χ4v) is 5.31. The number of aliphatic hydroxyl groups excluding tert-OH is 1. The van der Waals surface area contributed by atoms with Crippen LogP contribution >= 0.6 is 0 Å². The first kappa shape index (κ1) is 27.5. The van der Waals surface area contributed by atoms with E-state index in [0.29, 0.717) is 6.54 Å². The first-order chi connectivity index (χ1) is 19.1. The van der Waals surface area contributed by atoms with Gasteiger partial charge in [0.1, 0.15) is 0 Å². The van der Waals surface area contributed by atoms with E-state index in [2.05, 4.69) is 57.6 Å². The van der Waals surface area contributed by atoms with Crippen molar-refractivity contribution < 1.29 is 19.4 Å². The highest BCUT2D eigenvalue weighted by Crippen LogP contribution is 2.38. The molecule has 0 aromatic heterocycles. The van der Waals surface area contributed by atoms with Gasteiger partial charge in [0.25, 0.3) is 0 Å². The molecule has 0 bridgehead atoms. The summed E-state index contributed by atoms with van der Waals surface area (Å²) in [6.07, 6.45) is 0.242. The number of piperazine rings is 1. The van der Waals surface area contributed by atoms with Gasteiger partial charge in [-0.15, -0.1) is 0 Å². The van der Waals surface area contributed by atoms with Gasteiger partial charge in [0.05, 0.1) is 18.8 Å². The van der Waals surface area contributed by atoms with E-state index in [1.807, 2.05) is 36.4 Å². The van der Waals surface area contributed by atoms with Crippen LogP contribution in [0.5, 0.6) is 0 Å². The Labute approximate surface area is 231 Å². The van der Waals surface area contributed by atoms with E-state index in [9.17, 15) is 9.90 Å². The van der Waals surface area contributed by atoms with Gasteiger partial charge in [0.15, 0.2) is 6.29 Å². The van der Waals surface area contributed by atoms with Gasteiger partial charge in [-0.05, 0) is 22.3 Å². The number of nitrogens with one attached hydrogen (secondary N) is 1. The number of amides is 1. The standard InChI is InChI=1S/C32H39N3O4/c1-24(37)33-20-25-7-13-29(14-8-25)32-38-30(19-31(39-32)28-11-9-27(23-36)10-12-28)22-35-17-15-34(16-18-35)21-26-5-3-2-4-6-26/h2-14,30-32,36H,15-23H2,1H3,(H,33,37)/t30-,31+,32+/m0/s1. The van der Waals surface area contributed by atoms with Crippen molar-refractivity contribution in [2.75, 3.05) is 32.7 Å². The predicted molar refractivity (Wildman–Crippen MR) is 151 cm³/mol. The maximum atomic E-state index is 11.3. The highest BCUT2D eigenvalue weighted by molar-refractivity contribution is 5.72. The summed E-state index contributed by atoms with van der Waals surface area (Å²) in [7, 11) is 0. The topological polar surface area (TPSA) is 74.3 Å². The molecule has 2 saturated heterocycles. The fraction of sp³-hybridized carbons (Fsp3) is 0.406. The molecular formula is C32H39N3O4. The molecule has 7 nitrogen and oxygen atoms in total. The van der Waals surface area contributed by atoms with Crippen LogP contribution in [0, 0.1) is 0 Å². The van der Waals surface area contributed by atoms with Gasteiger partial charge in [-0.2, -0.15) is 0 Å². The van der Waals surface area contributed by atoms with Gasteiger partial charge in [-0.25, -0.2) is 0 Å². The van der Waals surface area contributed by atoms with E-state index < -0.39 is 6.29 Å². The number of aliphatic hydroxyl groups is 1. The number of hydrogen-bond donors (Lipinski definition) is 2. The molecule has 2 aliphatic heterocycles. The molecule has 0 spiro atoms. The second-order valence-corrected chi connectivity index (χ2v) is 10.6. The highest BCUT2D eigenvalue weighted by atomic mass is 16.7. The minimum atomic E-state index is -0.472. The van der Waals surface area contributed by atoms with Crippen LogP contribution in [0.1, 0.15) is 53.6 Å². The Morgan fingerprint density at radius 2 is 1.46 bits per heavy atom. The van der Waals surface area contributed by atoms with Crippen molar-refractivity contribution >= 4 is 5.91 Å². The molecule has 0 aliphatic carbocycles. The van der Waals surface area contributed by atoms with Crippen molar-refractivity contribution in [2.45, 2.75) is 51.5 Å². The third-order valence-electron chi connectivity index (χ3n) is 7.58. The molecule has 3 aromatic carbocycles. The summed E-state index contributed by atoms with van der Waals surface area (Å²) in [4.78, 5) is 16.3. The summed E-state index contributed by atoms with van der Waals surface area (Å²) in [6.45, 7) is 8.04. The molecule has 2 fully saturated rings. The number of hydrogen-bond acceptors (Lipinski definition) is 6. The molecule has 3 atom stereocenters. The lowest BCUT2D eigenvalue weighted by Crippen LogP contribution is -2.49. The van der Waals surface area contributed by atoms with E-state index in [1.54, 1.807) is 0 Å². The maximum Gasteiger partial charge on any atom is 0.217 e. The van der Waals surface area contributed by atoms with Gasteiger partial charge in [0.2, 0.25) is 5.91 Å². The zero-order chi connectivity index (χ0) is 27.0. The Kier molecular flexibility index (Phi) is 9.40. The van der Waals surface area contributed by atoms with E-state index in [4.69, 9.17) is 9.47 Å². The average molecular weight is 530 g/mol. The van der Waals surface area contributed by atoms with Gasteiger partial charge in [-0.1, -0.05) is 78.9 Å². The largest absolute Gasteiger partial charge is 0.392 e. The van der Waals surface area contributed by atoms with Crippen LogP contribution < -0.4 is 5.32 Å². The Hall–Kier alpha value is -3.07. The van der Waals surface area contributed by atoms with E-state index in [-0.39, 0.29) is 24.7 Å². The second kappa shape index (κ2) is 13.3. The molecule has 2 N–H and O–H groups in total. The monoisotopic (exact) mass is 529 g/mol. The first-order valence-corrected chi connectivity index (χ1v) is 13.9. The first-order valence-electron chi connectivity index (χ1n) is 13.9. The van der Waals surface area contributed by atoms with Crippen molar-refractivity contribution in [1.82, 2.24) is 15.1 Å². The van der Waals surface area contributed by atoms with Crippen LogP contribution in [0.3, 0.4) is 0 Å². The smallest absolute Gasteiger partial charge is 0.217 e. The summed E-state index contributed by atoms with van der Waals surface area (Å²) in [5.74, 6) is -0.0446. The molecule has 0 saturated carbocycles. The molecule has 2 heterocycles. The quantitative estimate of drug-likeness (QED) is 0.433. The molecule has 3 aromatic rings. The normalized spacial score (nSPS) is 22.5. The van der Waals surface area contributed by atoms with E-state index in [0.717, 1.165) is 67.9 Å². The Morgan fingerprint density at radius 3 is 2.13 bits per heavy atom. The zero-order valence-corrected chi connectivity index (χ0v) is 22.7. The molecule has 39 heavy (non-hydrogen) atoms. The predicted octanol–water partition coefficient (Wildman–Crippen LogP) is 4.18. The van der Waals surface area contributed by atoms with Gasteiger partial charge in [0, 0.05) is 64.7 Å². The summed E-state index contributed by atoms with van der Waals surface area (Å²) in [5, 5.41) is 12.3. The van der Waals surface area contributed by atoms with Gasteiger partial charge < -0.3 is 19.9 Å². The Morgan fingerprint density at radius 1 is 0.821 bits per heavy atom. The molecule has 1 amide bonds. The van der Waals surface area contributed by atoms with Crippen LogP contribution in [-0.4, -0.2) is 59.6 Å². The van der Waals surface area contributed by atoms with Crippen LogP contribution in [0.4, 0.5) is 0 Å². The third-order valence-corrected chi connectivity index (χ3v) is 7.58. The Bertz CT molecular complexity index is 1180. The SMILES string of the molecule is CC(=O)NCc1ccc([C@@H]2O[C@H](CN3CCN(Cc4ccccc4)CC3)C[C@H](c3ccc(CO)cc3)O2)cc1. The van der Waals surface area contributed by atoms with Crippen LogP contribution in [0.25, 0.3) is 0 Å². The Balaban J connectivity index is 1.24. The molecule has 7 heteroatoms. The summed E-state index contributed by atoms with van der Waals surface area (Å²) >= 11 is 0. The molecule has 0 unspecified atom stereocenters. The summed E-state index contributed by atoms with van der Waals surface area (Å²) in [6, 6.07) is 26.8. The molecular weight excluding hydrogens is 490 g/mol. The van der Waals surface area contributed by atoms with Crippen molar-refractivity contribution in [3.05, 3.63) is 107 Å². The van der Waals surface area contributed by atoms with Crippen molar-refractivity contribution in [3.63, 3.8) is 0 Å². The van der Waals surface area contributed by atoms with E-state index >= 15 is 0 Å². The third kappa shape index (κ3) is 7.75. The fourth-order valence-electron chi connectivity index (χ4n) is 5.31. The second-order valence-electron chi connectivity index (χ2n) is 10.6. The summed E-state index contributed by atoms with van der Waals surface area (Å²) in [5.41, 5.74) is 5.35. The maximum absolute atomic E-state index is 11.3. The number of benzene rings is 3. The number of carbonyl (C=O) groups is 1. The zero-order valence-electron chi connectivity index (χ0n) is 22.7. The molecule has 206 valence electrons. The van der Waals surface area contributed by atoms with Crippen molar-refractivity contribution in [2.24, 2.45) is 0 Å². The van der Waals surface area contributed by atoms with Gasteiger partial charge in [-0.3, -0.25) is 14.6 Å². The lowest BCUT2D eigenvalue weighted by molar-refractivity contribution is -0.253. The summed E-state index contributed by atoms with van der Waals surface area (Å²) < 4.78 is 13.0. The van der Waals surface area contributed by atoms with Crippen molar-refractivity contribution in [1.29, 1.82) is 0 Å². The lowest BCUT2D eigenvalue weighted by atomic mass is 9.99. The minimum absolute atomic E-state index is 0.0290. The van der Waals surface area contributed by atoms with Crippen molar-refractivity contribution in [3.8, 4) is 0 Å². The van der Waals surface area contributed by atoms with Crippen LogP contribution in [-0.2, 0) is 34.0 Å². The minimum Gasteiger partial charge on any atom is -0.392 e. The van der Waals surface area contributed by atoms with E-state index in [1.165, 1.54) is 12.5 Å². The highest BCUT2D eigenvalue weighted by Gasteiger charge is 2.33. The molecule has 5 rings (SSSR count). The number of carbonyl (C=O) groups excluding carboxylic acids is 1. The van der Waals surface area contributed by atoms with Gasteiger partial charge >= 0.3 is 0 Å².